The van der Waals surface area contributed by atoms with Gasteiger partial charge in [-0.1, -0.05) is 35.9 Å². The van der Waals surface area contributed by atoms with Crippen LogP contribution in [0.2, 0.25) is 0 Å². The third-order valence-electron chi connectivity index (χ3n) is 5.01. The van der Waals surface area contributed by atoms with E-state index in [2.05, 4.69) is 15.7 Å². The zero-order valence-electron chi connectivity index (χ0n) is 16.9. The number of nitrogens with zero attached hydrogens (tertiary/aromatic N) is 2. The normalized spacial score (nSPS) is 15.0. The van der Waals surface area contributed by atoms with Gasteiger partial charge in [0.05, 0.1) is 12.2 Å². The SMILES string of the molecule is Cc1ccc([C@@H]2C=C(C(=O)O)Nc3c(C(=O)Nc4cc(C)cc(C)c4)cnn32)cc1. The summed E-state index contributed by atoms with van der Waals surface area (Å²) in [6, 6.07) is 13.1. The molecule has 0 saturated heterocycles. The van der Waals surface area contributed by atoms with Crippen molar-refractivity contribution in [2.75, 3.05) is 10.6 Å². The largest absolute Gasteiger partial charge is 0.477 e. The Morgan fingerprint density at radius 1 is 1.03 bits per heavy atom. The molecule has 0 aliphatic carbocycles. The van der Waals surface area contributed by atoms with Crippen LogP contribution in [0.25, 0.3) is 0 Å². The van der Waals surface area contributed by atoms with E-state index in [1.54, 1.807) is 10.8 Å². The van der Waals surface area contributed by atoms with Crippen LogP contribution in [-0.2, 0) is 4.79 Å². The lowest BCUT2D eigenvalue weighted by Gasteiger charge is -2.24. The number of allylic oxidation sites excluding steroid dienone is 1. The number of carbonyl (C=O) groups is 2. The minimum absolute atomic E-state index is 0.00836. The van der Waals surface area contributed by atoms with Crippen molar-refractivity contribution in [1.82, 2.24) is 9.78 Å². The molecule has 1 aliphatic rings. The molecule has 3 aromatic rings. The van der Waals surface area contributed by atoms with E-state index in [1.807, 2.05) is 63.2 Å². The highest BCUT2D eigenvalue weighted by Gasteiger charge is 2.29. The molecule has 0 saturated carbocycles. The Morgan fingerprint density at radius 3 is 2.33 bits per heavy atom. The van der Waals surface area contributed by atoms with E-state index in [9.17, 15) is 14.7 Å². The standard InChI is InChI=1S/C23H22N4O3/c1-13-4-6-16(7-5-13)20-11-19(23(29)30)26-21-18(12-24-27(20)21)22(28)25-17-9-14(2)8-15(3)10-17/h4-12,20,26H,1-3H3,(H,25,28)(H,29,30)/t20-/m0/s1. The Labute approximate surface area is 174 Å². The summed E-state index contributed by atoms with van der Waals surface area (Å²) in [6.07, 6.45) is 3.05. The molecule has 30 heavy (non-hydrogen) atoms. The van der Waals surface area contributed by atoms with Gasteiger partial charge in [-0.25, -0.2) is 9.48 Å². The Morgan fingerprint density at radius 2 is 1.70 bits per heavy atom. The van der Waals surface area contributed by atoms with Crippen LogP contribution in [0.15, 0.2) is 60.4 Å². The molecule has 1 aliphatic heterocycles. The molecule has 0 bridgehead atoms. The minimum Gasteiger partial charge on any atom is -0.477 e. The number of rotatable bonds is 4. The number of fused-ring (bicyclic) bond motifs is 1. The number of carboxylic acid groups (broad SMARTS) is 1. The van der Waals surface area contributed by atoms with Gasteiger partial charge in [-0.2, -0.15) is 5.10 Å². The lowest BCUT2D eigenvalue weighted by Crippen LogP contribution is -2.25. The molecule has 4 rings (SSSR count). The van der Waals surface area contributed by atoms with E-state index in [0.717, 1.165) is 22.3 Å². The number of aliphatic carboxylic acids is 1. The van der Waals surface area contributed by atoms with Gasteiger partial charge in [0.15, 0.2) is 0 Å². The molecule has 3 N–H and O–H groups in total. The Kier molecular flexibility index (Phi) is 4.87. The molecular weight excluding hydrogens is 380 g/mol. The number of anilines is 2. The fourth-order valence-electron chi connectivity index (χ4n) is 3.63. The van der Waals surface area contributed by atoms with Crippen molar-refractivity contribution >= 4 is 23.4 Å². The van der Waals surface area contributed by atoms with Gasteiger partial charge in [0.25, 0.3) is 5.91 Å². The maximum absolute atomic E-state index is 13.0. The first-order chi connectivity index (χ1) is 14.3. The molecule has 0 unspecified atom stereocenters. The van der Waals surface area contributed by atoms with Crippen LogP contribution in [0.4, 0.5) is 11.5 Å². The third kappa shape index (κ3) is 3.69. The molecule has 0 radical (unpaired) electrons. The summed E-state index contributed by atoms with van der Waals surface area (Å²) in [5, 5.41) is 19.7. The highest BCUT2D eigenvalue weighted by atomic mass is 16.4. The Balaban J connectivity index is 1.71. The molecule has 7 heteroatoms. The number of nitrogens with one attached hydrogen (secondary N) is 2. The van der Waals surface area contributed by atoms with Crippen LogP contribution >= 0.6 is 0 Å². The lowest BCUT2D eigenvalue weighted by atomic mass is 10.0. The van der Waals surface area contributed by atoms with Crippen LogP contribution in [0.1, 0.15) is 38.7 Å². The molecule has 1 aromatic heterocycles. The summed E-state index contributed by atoms with van der Waals surface area (Å²) < 4.78 is 1.63. The number of hydrogen-bond acceptors (Lipinski definition) is 4. The first-order valence-electron chi connectivity index (χ1n) is 9.57. The van der Waals surface area contributed by atoms with Crippen molar-refractivity contribution in [2.24, 2.45) is 0 Å². The van der Waals surface area contributed by atoms with Gasteiger partial charge in [-0.05, 0) is 55.7 Å². The van der Waals surface area contributed by atoms with Crippen molar-refractivity contribution in [3.63, 3.8) is 0 Å². The van der Waals surface area contributed by atoms with E-state index in [4.69, 9.17) is 0 Å². The van der Waals surface area contributed by atoms with Crippen molar-refractivity contribution in [2.45, 2.75) is 26.8 Å². The topological polar surface area (TPSA) is 96.2 Å². The highest BCUT2D eigenvalue weighted by Crippen LogP contribution is 2.32. The zero-order valence-corrected chi connectivity index (χ0v) is 16.9. The van der Waals surface area contributed by atoms with Crippen molar-refractivity contribution in [3.05, 3.63) is 88.3 Å². The van der Waals surface area contributed by atoms with E-state index in [-0.39, 0.29) is 17.2 Å². The van der Waals surface area contributed by atoms with Crippen molar-refractivity contribution < 1.29 is 14.7 Å². The van der Waals surface area contributed by atoms with Gasteiger partial charge in [0.1, 0.15) is 17.1 Å². The van der Waals surface area contributed by atoms with Gasteiger partial charge < -0.3 is 15.7 Å². The molecule has 152 valence electrons. The van der Waals surface area contributed by atoms with Gasteiger partial charge in [0, 0.05) is 5.69 Å². The predicted octanol–water partition coefficient (Wildman–Crippen LogP) is 4.04. The highest BCUT2D eigenvalue weighted by molar-refractivity contribution is 6.08. The van der Waals surface area contributed by atoms with Gasteiger partial charge in [0.2, 0.25) is 0 Å². The summed E-state index contributed by atoms with van der Waals surface area (Å²) in [7, 11) is 0. The van der Waals surface area contributed by atoms with Crippen LogP contribution in [-0.4, -0.2) is 26.8 Å². The van der Waals surface area contributed by atoms with Gasteiger partial charge in [-0.3, -0.25) is 4.79 Å². The van der Waals surface area contributed by atoms with Gasteiger partial charge in [-0.15, -0.1) is 0 Å². The second-order valence-corrected chi connectivity index (χ2v) is 7.55. The summed E-state index contributed by atoms with van der Waals surface area (Å²) in [6.45, 7) is 5.91. The van der Waals surface area contributed by atoms with E-state index >= 15 is 0 Å². The molecule has 1 atom stereocenters. The summed E-state index contributed by atoms with van der Waals surface area (Å²) in [4.78, 5) is 24.7. The second kappa shape index (κ2) is 7.51. The molecule has 2 aromatic carbocycles. The first kappa shape index (κ1) is 19.4. The van der Waals surface area contributed by atoms with Crippen molar-refractivity contribution in [1.29, 1.82) is 0 Å². The predicted molar refractivity (Wildman–Crippen MR) is 115 cm³/mol. The third-order valence-corrected chi connectivity index (χ3v) is 5.01. The summed E-state index contributed by atoms with van der Waals surface area (Å²) in [5.74, 6) is -1.11. The van der Waals surface area contributed by atoms with Crippen LogP contribution in [0.5, 0.6) is 0 Å². The van der Waals surface area contributed by atoms with E-state index < -0.39 is 12.0 Å². The number of hydrogen-bond donors (Lipinski definition) is 3. The summed E-state index contributed by atoms with van der Waals surface area (Å²) >= 11 is 0. The Bertz CT molecular complexity index is 1160. The van der Waals surface area contributed by atoms with E-state index in [1.165, 1.54) is 6.20 Å². The number of aryl methyl sites for hydroxylation is 3. The molecule has 0 fully saturated rings. The fraction of sp³-hybridized carbons (Fsp3) is 0.174. The van der Waals surface area contributed by atoms with Crippen LogP contribution < -0.4 is 10.6 Å². The van der Waals surface area contributed by atoms with Crippen molar-refractivity contribution in [3.8, 4) is 0 Å². The van der Waals surface area contributed by atoms with E-state index in [0.29, 0.717) is 11.5 Å². The minimum atomic E-state index is -1.10. The monoisotopic (exact) mass is 402 g/mol. The molecule has 0 spiro atoms. The first-order valence-corrected chi connectivity index (χ1v) is 9.57. The molecule has 7 nitrogen and oxygen atoms in total. The maximum atomic E-state index is 13.0. The quantitative estimate of drug-likeness (QED) is 0.612. The zero-order chi connectivity index (χ0) is 21.4. The number of aromatic nitrogens is 2. The second-order valence-electron chi connectivity index (χ2n) is 7.55. The molecule has 1 amide bonds. The lowest BCUT2D eigenvalue weighted by molar-refractivity contribution is -0.132. The summed E-state index contributed by atoms with van der Waals surface area (Å²) in [5.41, 5.74) is 5.02. The molecular formula is C23H22N4O3. The fourth-order valence-corrected chi connectivity index (χ4v) is 3.63. The maximum Gasteiger partial charge on any atom is 0.352 e. The van der Waals surface area contributed by atoms with Crippen LogP contribution in [0, 0.1) is 20.8 Å². The average Bonchev–Trinajstić information content (AvgIpc) is 3.11. The van der Waals surface area contributed by atoms with Gasteiger partial charge >= 0.3 is 5.97 Å². The average molecular weight is 402 g/mol. The number of benzene rings is 2. The number of carbonyl (C=O) groups excluding carboxylic acids is 1. The Hall–Kier alpha value is -3.87. The molecule has 2 heterocycles. The smallest absolute Gasteiger partial charge is 0.352 e. The number of amides is 1. The number of carboxylic acids is 1. The van der Waals surface area contributed by atoms with Crippen LogP contribution in [0.3, 0.4) is 0 Å².